The molecule has 0 amide bonds. The fraction of sp³-hybridized carbons (Fsp3) is 0. The van der Waals surface area contributed by atoms with Crippen LogP contribution in [0.4, 0.5) is 0 Å². The Morgan fingerprint density at radius 1 is 0.429 bits per heavy atom. The molecule has 28 valence electrons. The second-order valence-electron chi connectivity index (χ2n) is 0. The molecule has 0 rings (SSSR count). The molecule has 0 aromatic heterocycles. The van der Waals surface area contributed by atoms with Crippen molar-refractivity contribution in [2.45, 2.75) is 0 Å². The van der Waals surface area contributed by atoms with Crippen molar-refractivity contribution in [1.29, 1.82) is 0 Å². The Kier molecular flexibility index (Phi) is 459. The van der Waals surface area contributed by atoms with Gasteiger partial charge in [0.1, 0.15) is 0 Å². The molecule has 7 heavy (non-hydrogen) atoms. The molecule has 0 N–H and O–H groups in total. The zero-order valence-corrected chi connectivity index (χ0v) is 4.69. The fourth-order valence-electron chi connectivity index (χ4n) is 0. The zero-order chi connectivity index (χ0) is 0. The van der Waals surface area contributed by atoms with Crippen LogP contribution in [0.5, 0.6) is 0 Å². The minimum absolute atomic E-state index is 0. The molecule has 3 nitrogen and oxygen atoms in total. The van der Waals surface area contributed by atoms with Gasteiger partial charge in [-0.2, -0.15) is 0 Å². The summed E-state index contributed by atoms with van der Waals surface area (Å²) < 4.78 is 0. The summed E-state index contributed by atoms with van der Waals surface area (Å²) in [5, 5.41) is 0. The van der Waals surface area contributed by atoms with E-state index in [0.29, 0.717) is 0 Å². The molecule has 7 heteroatoms. The van der Waals surface area contributed by atoms with Crippen molar-refractivity contribution in [2.75, 3.05) is 0 Å². The molecule has 0 radical (unpaired) electrons. The Morgan fingerprint density at radius 2 is 0.429 bits per heavy atom. The molecule has 0 aliphatic heterocycles. The molecular formula is H2Al2K2O3. The molecule has 0 aliphatic carbocycles. The summed E-state index contributed by atoms with van der Waals surface area (Å²) in [7, 11) is 0. The number of hydrogen-bond donors (Lipinski definition) is 0. The summed E-state index contributed by atoms with van der Waals surface area (Å²) in [5.41, 5.74) is 0. The van der Waals surface area contributed by atoms with Crippen molar-refractivity contribution >= 4 is 137 Å². The van der Waals surface area contributed by atoms with Crippen LogP contribution in [-0.2, 0) is 16.4 Å². The zero-order valence-electron chi connectivity index (χ0n) is 2.38. The van der Waals surface area contributed by atoms with E-state index in [1.165, 1.54) is 0 Å². The van der Waals surface area contributed by atoms with Crippen molar-refractivity contribution in [3.63, 3.8) is 0 Å². The summed E-state index contributed by atoms with van der Waals surface area (Å²) in [5.74, 6) is 0. The Bertz CT molecular complexity index is 10.9. The quantitative estimate of drug-likeness (QED) is 0.373. The molecule has 0 aromatic rings. The minimum atomic E-state index is 0. The number of rotatable bonds is 0. The van der Waals surface area contributed by atoms with Crippen LogP contribution in [0.15, 0.2) is 0 Å². The maximum Gasteiger partial charge on any atom is -2.00 e. The normalized spacial score (nSPS) is 0. The van der Waals surface area contributed by atoms with Crippen LogP contribution >= 0.6 is 0 Å². The van der Waals surface area contributed by atoms with Gasteiger partial charge < -0.3 is 16.4 Å². The predicted octanol–water partition coefficient (Wildman–Crippen LogP) is -2.42. The first-order valence-corrected chi connectivity index (χ1v) is 0. The van der Waals surface area contributed by atoms with Gasteiger partial charge in [0.05, 0.1) is 0 Å². The first-order valence-electron chi connectivity index (χ1n) is 0. The minimum Gasteiger partial charge on any atom is -2.00 e. The van der Waals surface area contributed by atoms with Crippen LogP contribution in [0.25, 0.3) is 0 Å². The third kappa shape index (κ3) is 38.8. The monoisotopic (exact) mass is 182 g/mol. The van der Waals surface area contributed by atoms with E-state index in [1.807, 2.05) is 0 Å². The third-order valence-electron chi connectivity index (χ3n) is 0. The van der Waals surface area contributed by atoms with Crippen molar-refractivity contribution in [2.24, 2.45) is 0 Å². The van der Waals surface area contributed by atoms with E-state index in [0.717, 1.165) is 0 Å². The Morgan fingerprint density at radius 3 is 0.429 bits per heavy atom. The summed E-state index contributed by atoms with van der Waals surface area (Å²) in [6.45, 7) is 0. The first kappa shape index (κ1) is 65.8. The topological polar surface area (TPSA) is 85.5 Å². The molecule has 0 saturated carbocycles. The van der Waals surface area contributed by atoms with Gasteiger partial charge in [0, 0.05) is 0 Å². The van der Waals surface area contributed by atoms with E-state index in [2.05, 4.69) is 0 Å². The van der Waals surface area contributed by atoms with E-state index in [9.17, 15) is 0 Å². The summed E-state index contributed by atoms with van der Waals surface area (Å²) in [6.07, 6.45) is 0. The summed E-state index contributed by atoms with van der Waals surface area (Å²) >= 11 is 0. The van der Waals surface area contributed by atoms with Crippen LogP contribution in [0, 0.1) is 0 Å². The van der Waals surface area contributed by atoms with Crippen LogP contribution < -0.4 is 0 Å². The molecule has 0 heterocycles. The van der Waals surface area contributed by atoms with Gasteiger partial charge in [0.25, 0.3) is 0 Å². The SMILES string of the molecule is [Al+3].[Al+3].[KH].[KH].[O-2].[O-2].[O-2]. The van der Waals surface area contributed by atoms with E-state index >= 15 is 0 Å². The maximum absolute atomic E-state index is 0. The van der Waals surface area contributed by atoms with Gasteiger partial charge >= 0.3 is 137 Å². The van der Waals surface area contributed by atoms with Crippen LogP contribution in [0.1, 0.15) is 0 Å². The summed E-state index contributed by atoms with van der Waals surface area (Å²) in [6, 6.07) is 0. The maximum atomic E-state index is 0. The second kappa shape index (κ2) is 48.8. The van der Waals surface area contributed by atoms with Crippen LogP contribution in [-0.4, -0.2) is 137 Å². The largest absolute Gasteiger partial charge is 2.00 e. The predicted molar refractivity (Wildman–Crippen MR) is 27.9 cm³/mol. The summed E-state index contributed by atoms with van der Waals surface area (Å²) in [4.78, 5) is 0. The Hall–Kier alpha value is 4.22. The number of hydrogen-bond acceptors (Lipinski definition) is 0. The molecule has 0 aliphatic rings. The van der Waals surface area contributed by atoms with Crippen molar-refractivity contribution in [3.8, 4) is 0 Å². The smallest absolute Gasteiger partial charge is 2.00 e. The van der Waals surface area contributed by atoms with Crippen molar-refractivity contribution in [1.82, 2.24) is 0 Å². The van der Waals surface area contributed by atoms with Gasteiger partial charge in [-0.1, -0.05) is 0 Å². The van der Waals surface area contributed by atoms with Gasteiger partial charge in [-0.3, -0.25) is 0 Å². The standard InChI is InChI=1S/2Al.2K.3O.2H/q2*+3;;;3*-2;;. The molecular weight excluding hydrogens is 180 g/mol. The van der Waals surface area contributed by atoms with Gasteiger partial charge in [-0.15, -0.1) is 0 Å². The first-order chi connectivity index (χ1) is 0. The average molecular weight is 182 g/mol. The molecule has 0 unspecified atom stereocenters. The Balaban J connectivity index is 0. The molecule has 0 aromatic carbocycles. The van der Waals surface area contributed by atoms with Crippen LogP contribution in [0.2, 0.25) is 0 Å². The van der Waals surface area contributed by atoms with Crippen LogP contribution in [0.3, 0.4) is 0 Å². The van der Waals surface area contributed by atoms with Gasteiger partial charge in [0.2, 0.25) is 0 Å². The van der Waals surface area contributed by atoms with Crippen molar-refractivity contribution < 1.29 is 16.4 Å². The second-order valence-corrected chi connectivity index (χ2v) is 0. The van der Waals surface area contributed by atoms with E-state index in [1.54, 1.807) is 0 Å². The molecule has 0 spiro atoms. The van der Waals surface area contributed by atoms with E-state index in [-0.39, 0.29) is 154 Å². The fourth-order valence-corrected chi connectivity index (χ4v) is 0. The van der Waals surface area contributed by atoms with E-state index < -0.39 is 0 Å². The molecule has 0 saturated heterocycles. The molecule has 0 atom stereocenters. The third-order valence-corrected chi connectivity index (χ3v) is 0. The van der Waals surface area contributed by atoms with E-state index in [4.69, 9.17) is 0 Å². The van der Waals surface area contributed by atoms with Gasteiger partial charge in [-0.25, -0.2) is 0 Å². The molecule has 0 bridgehead atoms. The average Bonchev–Trinajstić information content (AvgIpc) is 0. The molecule has 0 fully saturated rings. The van der Waals surface area contributed by atoms with Gasteiger partial charge in [0.15, 0.2) is 0 Å². The van der Waals surface area contributed by atoms with Gasteiger partial charge in [-0.05, 0) is 0 Å². The Labute approximate surface area is 149 Å². The van der Waals surface area contributed by atoms with Crippen molar-refractivity contribution in [3.05, 3.63) is 0 Å².